The highest BCUT2D eigenvalue weighted by Gasteiger charge is 2.19. The Labute approximate surface area is 155 Å². The van der Waals surface area contributed by atoms with E-state index in [0.29, 0.717) is 16.5 Å². The van der Waals surface area contributed by atoms with Gasteiger partial charge in [-0.05, 0) is 24.3 Å². The second-order valence-electron chi connectivity index (χ2n) is 5.57. The van der Waals surface area contributed by atoms with Crippen molar-refractivity contribution in [1.29, 1.82) is 0 Å². The zero-order valence-corrected chi connectivity index (χ0v) is 15.8. The Morgan fingerprint density at radius 1 is 1.15 bits per heavy atom. The van der Waals surface area contributed by atoms with Crippen molar-refractivity contribution in [3.8, 4) is 0 Å². The van der Waals surface area contributed by atoms with E-state index in [9.17, 15) is 13.2 Å². The second-order valence-corrected chi connectivity index (χ2v) is 8.66. The Morgan fingerprint density at radius 2 is 1.88 bits per heavy atom. The minimum absolute atomic E-state index is 0.125. The number of nitrogens with zero attached hydrogens (tertiary/aromatic N) is 4. The van der Waals surface area contributed by atoms with Crippen molar-refractivity contribution < 1.29 is 13.2 Å². The summed E-state index contributed by atoms with van der Waals surface area (Å²) in [6, 6.07) is 12.2. The molecule has 0 aliphatic heterocycles. The van der Waals surface area contributed by atoms with Gasteiger partial charge in [0, 0.05) is 26.0 Å². The van der Waals surface area contributed by atoms with Gasteiger partial charge in [-0.25, -0.2) is 12.7 Å². The molecule has 0 aliphatic carbocycles. The van der Waals surface area contributed by atoms with Gasteiger partial charge < -0.3 is 5.32 Å². The van der Waals surface area contributed by atoms with Crippen LogP contribution in [0, 0.1) is 0 Å². The third kappa shape index (κ3) is 3.87. The molecule has 3 rings (SSSR count). The smallest absolute Gasteiger partial charge is 0.244 e. The lowest BCUT2D eigenvalue weighted by atomic mass is 10.3. The van der Waals surface area contributed by atoms with Gasteiger partial charge in [-0.15, -0.1) is 10.2 Å². The number of rotatable bonds is 6. The molecule has 0 saturated heterocycles. The number of hydrogen-bond donors (Lipinski definition) is 1. The number of aromatic nitrogens is 3. The van der Waals surface area contributed by atoms with Crippen molar-refractivity contribution in [3.63, 3.8) is 0 Å². The number of sulfonamides is 1. The summed E-state index contributed by atoms with van der Waals surface area (Å²) < 4.78 is 27.3. The first-order valence-electron chi connectivity index (χ1n) is 7.63. The number of pyridine rings is 1. The zero-order chi connectivity index (χ0) is 18.7. The standard InChI is InChI=1S/C16H17N5O3S2/c1-20(2)26(23,24)13-8-9-14-18-19-16(21(14)10-13)25-11-15(22)17-12-6-4-3-5-7-12/h3-10H,11H2,1-2H3,(H,17,22). The average molecular weight is 391 g/mol. The summed E-state index contributed by atoms with van der Waals surface area (Å²) in [5.41, 5.74) is 1.22. The quantitative estimate of drug-likeness (QED) is 0.643. The predicted molar refractivity (Wildman–Crippen MR) is 99.7 cm³/mol. The molecule has 0 aliphatic rings. The molecule has 26 heavy (non-hydrogen) atoms. The number of para-hydroxylation sites is 1. The molecule has 0 bridgehead atoms. The molecule has 1 aromatic carbocycles. The van der Waals surface area contributed by atoms with E-state index < -0.39 is 10.0 Å². The first-order valence-corrected chi connectivity index (χ1v) is 10.1. The molecule has 3 aromatic rings. The van der Waals surface area contributed by atoms with Crippen LogP contribution < -0.4 is 5.32 Å². The van der Waals surface area contributed by atoms with Gasteiger partial charge in [-0.2, -0.15) is 0 Å². The number of carbonyl (C=O) groups excluding carboxylic acids is 1. The number of carbonyl (C=O) groups is 1. The number of fused-ring (bicyclic) bond motifs is 1. The Bertz CT molecular complexity index is 1030. The normalized spacial score (nSPS) is 11.8. The molecule has 0 saturated carbocycles. The average Bonchev–Trinajstić information content (AvgIpc) is 3.03. The van der Waals surface area contributed by atoms with Crippen LogP contribution in [0.1, 0.15) is 0 Å². The lowest BCUT2D eigenvalue weighted by Crippen LogP contribution is -2.22. The van der Waals surface area contributed by atoms with Crippen molar-refractivity contribution in [2.24, 2.45) is 0 Å². The summed E-state index contributed by atoms with van der Waals surface area (Å²) >= 11 is 1.18. The molecule has 0 radical (unpaired) electrons. The first kappa shape index (κ1) is 18.4. The minimum atomic E-state index is -3.57. The molecule has 0 fully saturated rings. The van der Waals surface area contributed by atoms with E-state index in [2.05, 4.69) is 15.5 Å². The van der Waals surface area contributed by atoms with Gasteiger partial charge in [0.1, 0.15) is 0 Å². The van der Waals surface area contributed by atoms with E-state index in [1.165, 1.54) is 38.1 Å². The topological polar surface area (TPSA) is 96.7 Å². The summed E-state index contributed by atoms with van der Waals surface area (Å²) in [6.45, 7) is 0. The van der Waals surface area contributed by atoms with Gasteiger partial charge in [0.2, 0.25) is 15.9 Å². The van der Waals surface area contributed by atoms with Crippen molar-refractivity contribution >= 4 is 39.0 Å². The maximum atomic E-state index is 12.3. The first-order chi connectivity index (χ1) is 12.4. The highest BCUT2D eigenvalue weighted by atomic mass is 32.2. The molecule has 10 heteroatoms. The number of amides is 1. The summed E-state index contributed by atoms with van der Waals surface area (Å²) in [6.07, 6.45) is 1.46. The second kappa shape index (κ2) is 7.44. The van der Waals surface area contributed by atoms with Crippen molar-refractivity contribution in [2.75, 3.05) is 25.2 Å². The fraction of sp³-hybridized carbons (Fsp3) is 0.188. The Morgan fingerprint density at radius 3 is 2.58 bits per heavy atom. The number of hydrogen-bond acceptors (Lipinski definition) is 6. The van der Waals surface area contributed by atoms with Gasteiger partial charge in [0.15, 0.2) is 10.8 Å². The molecular weight excluding hydrogens is 374 g/mol. The van der Waals surface area contributed by atoms with E-state index in [-0.39, 0.29) is 16.6 Å². The predicted octanol–water partition coefficient (Wildman–Crippen LogP) is 1.71. The van der Waals surface area contributed by atoms with Gasteiger partial charge >= 0.3 is 0 Å². The Hall–Kier alpha value is -2.43. The van der Waals surface area contributed by atoms with Crippen LogP contribution in [-0.4, -0.2) is 53.1 Å². The highest BCUT2D eigenvalue weighted by molar-refractivity contribution is 7.99. The summed E-state index contributed by atoms with van der Waals surface area (Å²) in [4.78, 5) is 12.2. The molecule has 0 unspecified atom stereocenters. The number of nitrogens with one attached hydrogen (secondary N) is 1. The van der Waals surface area contributed by atoms with E-state index in [1.807, 2.05) is 18.2 Å². The monoisotopic (exact) mass is 391 g/mol. The lowest BCUT2D eigenvalue weighted by molar-refractivity contribution is -0.113. The molecule has 2 heterocycles. The molecule has 8 nitrogen and oxygen atoms in total. The molecule has 1 N–H and O–H groups in total. The van der Waals surface area contributed by atoms with Gasteiger partial charge in [0.25, 0.3) is 0 Å². The summed E-state index contributed by atoms with van der Waals surface area (Å²) in [5.74, 6) is -0.0598. The molecular formula is C16H17N5O3S2. The van der Waals surface area contributed by atoms with E-state index in [0.717, 1.165) is 4.31 Å². The summed E-state index contributed by atoms with van der Waals surface area (Å²) in [7, 11) is -0.632. The highest BCUT2D eigenvalue weighted by Crippen LogP contribution is 2.20. The van der Waals surface area contributed by atoms with Gasteiger partial charge in [-0.1, -0.05) is 30.0 Å². The molecule has 2 aromatic heterocycles. The molecule has 136 valence electrons. The zero-order valence-electron chi connectivity index (χ0n) is 14.2. The van der Waals surface area contributed by atoms with Crippen molar-refractivity contribution in [2.45, 2.75) is 10.1 Å². The third-order valence-electron chi connectivity index (χ3n) is 3.51. The third-order valence-corrected chi connectivity index (χ3v) is 6.25. The number of anilines is 1. The van der Waals surface area contributed by atoms with Crippen LogP contribution in [0.2, 0.25) is 0 Å². The van der Waals surface area contributed by atoms with Crippen LogP contribution in [0.4, 0.5) is 5.69 Å². The van der Waals surface area contributed by atoms with Crippen LogP contribution in [0.25, 0.3) is 5.65 Å². The van der Waals surface area contributed by atoms with E-state index in [1.54, 1.807) is 22.6 Å². The molecule has 1 amide bonds. The minimum Gasteiger partial charge on any atom is -0.325 e. The fourth-order valence-corrected chi connectivity index (χ4v) is 3.78. The lowest BCUT2D eigenvalue weighted by Gasteiger charge is -2.11. The van der Waals surface area contributed by atoms with Crippen LogP contribution in [0.15, 0.2) is 58.7 Å². The molecule has 0 atom stereocenters. The van der Waals surface area contributed by atoms with Gasteiger partial charge in [-0.3, -0.25) is 9.20 Å². The Kier molecular flexibility index (Phi) is 5.25. The van der Waals surface area contributed by atoms with Crippen molar-refractivity contribution in [3.05, 3.63) is 48.7 Å². The SMILES string of the molecule is CN(C)S(=O)(=O)c1ccc2nnc(SCC(=O)Nc3ccccc3)n2c1. The fourth-order valence-electron chi connectivity index (χ4n) is 2.16. The maximum Gasteiger partial charge on any atom is 0.244 e. The molecule has 0 spiro atoms. The van der Waals surface area contributed by atoms with Crippen molar-refractivity contribution in [1.82, 2.24) is 18.9 Å². The number of benzene rings is 1. The number of thioether (sulfide) groups is 1. The largest absolute Gasteiger partial charge is 0.325 e. The van der Waals surface area contributed by atoms with Crippen LogP contribution in [0.3, 0.4) is 0 Å². The summed E-state index contributed by atoms with van der Waals surface area (Å²) in [5, 5.41) is 11.3. The van der Waals surface area contributed by atoms with Crippen LogP contribution >= 0.6 is 11.8 Å². The van der Waals surface area contributed by atoms with E-state index >= 15 is 0 Å². The van der Waals surface area contributed by atoms with Crippen LogP contribution in [-0.2, 0) is 14.8 Å². The Balaban J connectivity index is 1.77. The van der Waals surface area contributed by atoms with Crippen LogP contribution in [0.5, 0.6) is 0 Å². The van der Waals surface area contributed by atoms with Gasteiger partial charge in [0.05, 0.1) is 10.6 Å². The maximum absolute atomic E-state index is 12.3. The van der Waals surface area contributed by atoms with E-state index in [4.69, 9.17) is 0 Å².